The van der Waals surface area contributed by atoms with Crippen LogP contribution in [0.3, 0.4) is 0 Å². The van der Waals surface area contributed by atoms with Gasteiger partial charge in [-0.05, 0) is 64.2 Å². The van der Waals surface area contributed by atoms with Gasteiger partial charge in [0.25, 0.3) is 0 Å². The first-order valence-electron chi connectivity index (χ1n) is 25.4. The van der Waals surface area contributed by atoms with Gasteiger partial charge in [-0.3, -0.25) is 9.59 Å². The van der Waals surface area contributed by atoms with E-state index in [0.717, 1.165) is 64.2 Å². The van der Waals surface area contributed by atoms with Crippen LogP contribution in [0.2, 0.25) is 0 Å². The Morgan fingerprint density at radius 1 is 0.484 bits per heavy atom. The summed E-state index contributed by atoms with van der Waals surface area (Å²) in [5.74, 6) is -1.49. The molecule has 0 aromatic carbocycles. The minimum atomic E-state index is -0.879. The highest BCUT2D eigenvalue weighted by molar-refractivity contribution is 5.72. The molecule has 8 nitrogen and oxygen atoms in total. The van der Waals surface area contributed by atoms with Gasteiger partial charge in [0.2, 0.25) is 0 Å². The van der Waals surface area contributed by atoms with E-state index in [4.69, 9.17) is 14.2 Å². The normalized spacial score (nSPS) is 13.4. The van der Waals surface area contributed by atoms with Crippen LogP contribution in [0.25, 0.3) is 0 Å². The lowest BCUT2D eigenvalue weighted by Gasteiger charge is -2.31. The van der Waals surface area contributed by atoms with Crippen LogP contribution in [0.5, 0.6) is 0 Å². The summed E-state index contributed by atoms with van der Waals surface area (Å²) in [6.07, 6.45) is 55.4. The van der Waals surface area contributed by atoms with E-state index in [1.165, 1.54) is 116 Å². The third-order valence-electron chi connectivity index (χ3n) is 11.2. The van der Waals surface area contributed by atoms with E-state index in [1.54, 1.807) is 0 Å². The Labute approximate surface area is 381 Å². The summed E-state index contributed by atoms with van der Waals surface area (Å²) in [5, 5.41) is 9.65. The van der Waals surface area contributed by atoms with Crippen molar-refractivity contribution >= 4 is 17.9 Å². The van der Waals surface area contributed by atoms with Crippen molar-refractivity contribution in [2.45, 2.75) is 225 Å². The third-order valence-corrected chi connectivity index (χ3v) is 11.2. The van der Waals surface area contributed by atoms with Gasteiger partial charge in [-0.2, -0.15) is 0 Å². The molecular formula is C54H96NO7+. The maximum Gasteiger partial charge on any atom is 0.362 e. The zero-order valence-electron chi connectivity index (χ0n) is 40.8. The van der Waals surface area contributed by atoms with Gasteiger partial charge in [-0.1, -0.05) is 190 Å². The number of carbonyl (C=O) groups is 3. The summed E-state index contributed by atoms with van der Waals surface area (Å²) in [5.41, 5.74) is 0. The molecule has 358 valence electrons. The number of allylic oxidation sites excluding steroid dienone is 10. The smallest absolute Gasteiger partial charge is 0.362 e. The van der Waals surface area contributed by atoms with Crippen LogP contribution in [0, 0.1) is 0 Å². The molecule has 2 unspecified atom stereocenters. The fraction of sp³-hybridized carbons (Fsp3) is 0.759. The average Bonchev–Trinajstić information content (AvgIpc) is 3.23. The molecule has 0 aliphatic carbocycles. The van der Waals surface area contributed by atoms with Crippen molar-refractivity contribution in [3.8, 4) is 0 Å². The lowest BCUT2D eigenvalue weighted by Crippen LogP contribution is -2.50. The first-order chi connectivity index (χ1) is 30.1. The molecule has 0 heterocycles. The highest BCUT2D eigenvalue weighted by atomic mass is 16.6. The maximum absolute atomic E-state index is 12.8. The molecule has 0 saturated heterocycles. The zero-order chi connectivity index (χ0) is 45.6. The molecule has 1 N–H and O–H groups in total. The number of ether oxygens (including phenoxy) is 3. The summed E-state index contributed by atoms with van der Waals surface area (Å²) in [6, 6.07) is -0.621. The molecule has 62 heavy (non-hydrogen) atoms. The van der Waals surface area contributed by atoms with E-state index in [9.17, 15) is 19.5 Å². The standard InChI is InChI=1S/C54H95NO7/c1-6-8-10-12-14-16-18-20-22-24-26-27-29-31-33-35-37-39-41-43-45-53(57)62-50(48-60-47-46-51(54(58)59)55(3,4)5)49-61-52(56)44-42-40-38-36-34-32-30-28-25-23-21-19-17-15-13-11-9-7-2/h16,18-23,25,28,30,50-51H,6-15,17,24,26-27,29,31-49H2,1-5H3/p+1/b18-16+,21-19+,22-20+,25-23+,30-28+. The highest BCUT2D eigenvalue weighted by Gasteiger charge is 2.31. The number of carboxylic acid groups (broad SMARTS) is 1. The van der Waals surface area contributed by atoms with Crippen molar-refractivity contribution in [3.63, 3.8) is 0 Å². The predicted octanol–water partition coefficient (Wildman–Crippen LogP) is 14.5. The lowest BCUT2D eigenvalue weighted by molar-refractivity contribution is -0.887. The molecule has 8 heteroatoms. The topological polar surface area (TPSA) is 99.1 Å². The Kier molecular flexibility index (Phi) is 42.5. The number of hydrogen-bond donors (Lipinski definition) is 1. The minimum absolute atomic E-state index is 0.0515. The van der Waals surface area contributed by atoms with Crippen LogP contribution in [0.1, 0.15) is 213 Å². The monoisotopic (exact) mass is 871 g/mol. The number of quaternary nitrogens is 1. The molecule has 2 atom stereocenters. The molecule has 0 aromatic heterocycles. The molecule has 0 bridgehead atoms. The molecule has 0 aromatic rings. The fourth-order valence-corrected chi connectivity index (χ4v) is 7.26. The molecule has 0 amide bonds. The van der Waals surface area contributed by atoms with Crippen LogP contribution in [-0.4, -0.2) is 80.6 Å². The Hall–Kier alpha value is -2.97. The molecule has 0 saturated carbocycles. The van der Waals surface area contributed by atoms with Crippen molar-refractivity contribution in [1.82, 2.24) is 0 Å². The molecule has 0 rings (SSSR count). The zero-order valence-corrected chi connectivity index (χ0v) is 40.8. The van der Waals surface area contributed by atoms with Gasteiger partial charge < -0.3 is 23.8 Å². The number of unbranched alkanes of at least 4 members (excludes halogenated alkanes) is 24. The second kappa shape index (κ2) is 44.6. The van der Waals surface area contributed by atoms with E-state index in [0.29, 0.717) is 19.3 Å². The number of esters is 2. The summed E-state index contributed by atoms with van der Waals surface area (Å²) < 4.78 is 17.3. The fourth-order valence-electron chi connectivity index (χ4n) is 7.26. The Balaban J connectivity index is 4.31. The second-order valence-corrected chi connectivity index (χ2v) is 18.2. The van der Waals surface area contributed by atoms with Crippen LogP contribution < -0.4 is 0 Å². The summed E-state index contributed by atoms with van der Waals surface area (Å²) >= 11 is 0. The highest BCUT2D eigenvalue weighted by Crippen LogP contribution is 2.15. The third kappa shape index (κ3) is 42.3. The molecule has 0 aliphatic rings. The van der Waals surface area contributed by atoms with E-state index >= 15 is 0 Å². The molecular weight excluding hydrogens is 775 g/mol. The quantitative estimate of drug-likeness (QED) is 0.0282. The van der Waals surface area contributed by atoms with E-state index < -0.39 is 18.1 Å². The number of rotatable bonds is 45. The first kappa shape index (κ1) is 59.0. The lowest BCUT2D eigenvalue weighted by atomic mass is 10.1. The molecule has 0 radical (unpaired) electrons. The van der Waals surface area contributed by atoms with Gasteiger partial charge in [0.1, 0.15) is 6.61 Å². The predicted molar refractivity (Wildman–Crippen MR) is 261 cm³/mol. The number of likely N-dealkylation sites (N-methyl/N-ethyl adjacent to an activating group) is 1. The van der Waals surface area contributed by atoms with Crippen LogP contribution in [-0.2, 0) is 28.6 Å². The largest absolute Gasteiger partial charge is 0.477 e. The summed E-state index contributed by atoms with van der Waals surface area (Å²) in [7, 11) is 5.52. The molecule has 0 aliphatic heterocycles. The number of nitrogens with zero attached hydrogens (tertiary/aromatic N) is 1. The molecule has 0 fully saturated rings. The van der Waals surface area contributed by atoms with Crippen LogP contribution >= 0.6 is 0 Å². The summed E-state index contributed by atoms with van der Waals surface area (Å²) in [4.78, 5) is 37.1. The first-order valence-corrected chi connectivity index (χ1v) is 25.4. The van der Waals surface area contributed by atoms with Crippen molar-refractivity contribution in [2.75, 3.05) is 41.0 Å². The second-order valence-electron chi connectivity index (χ2n) is 18.2. The average molecular weight is 871 g/mol. The van der Waals surface area contributed by atoms with Gasteiger partial charge >= 0.3 is 17.9 Å². The van der Waals surface area contributed by atoms with E-state index in [1.807, 2.05) is 21.1 Å². The number of carbonyl (C=O) groups excluding carboxylic acids is 2. The van der Waals surface area contributed by atoms with Crippen molar-refractivity contribution in [2.24, 2.45) is 0 Å². The van der Waals surface area contributed by atoms with E-state index in [-0.39, 0.29) is 36.2 Å². The molecule has 0 spiro atoms. The van der Waals surface area contributed by atoms with Crippen molar-refractivity contribution in [1.29, 1.82) is 0 Å². The maximum atomic E-state index is 12.8. The SMILES string of the molecule is CCCCCC/C=C/C=C/CCCCCCCCCCCCC(=O)OC(COCCC(C(=O)O)[N+](C)(C)C)COC(=O)CCCCCCC/C=C/C=C/C=C/CCCCCCC. The van der Waals surface area contributed by atoms with Crippen LogP contribution in [0.4, 0.5) is 0 Å². The number of hydrogen-bond acceptors (Lipinski definition) is 6. The minimum Gasteiger partial charge on any atom is -0.477 e. The Morgan fingerprint density at radius 3 is 1.27 bits per heavy atom. The van der Waals surface area contributed by atoms with Gasteiger partial charge in [0, 0.05) is 19.3 Å². The Morgan fingerprint density at radius 2 is 0.855 bits per heavy atom. The van der Waals surface area contributed by atoms with Crippen molar-refractivity contribution in [3.05, 3.63) is 60.8 Å². The van der Waals surface area contributed by atoms with Gasteiger partial charge in [0.05, 0.1) is 34.4 Å². The van der Waals surface area contributed by atoms with Gasteiger partial charge in [-0.15, -0.1) is 0 Å². The van der Waals surface area contributed by atoms with Gasteiger partial charge in [-0.25, -0.2) is 4.79 Å². The summed E-state index contributed by atoms with van der Waals surface area (Å²) in [6.45, 7) is 4.69. The van der Waals surface area contributed by atoms with Crippen molar-refractivity contribution < 1.29 is 38.2 Å². The Bertz CT molecular complexity index is 1200. The number of carboxylic acids is 1. The van der Waals surface area contributed by atoms with Crippen LogP contribution in [0.15, 0.2) is 60.8 Å². The van der Waals surface area contributed by atoms with Gasteiger partial charge in [0.15, 0.2) is 12.1 Å². The van der Waals surface area contributed by atoms with E-state index in [2.05, 4.69) is 74.6 Å². The number of aliphatic carboxylic acids is 1.